The van der Waals surface area contributed by atoms with Gasteiger partial charge in [-0.15, -0.1) is 0 Å². The molecular weight excluding hydrogens is 222 g/mol. The Morgan fingerprint density at radius 2 is 2.44 bits per heavy atom. The van der Waals surface area contributed by atoms with Crippen molar-refractivity contribution in [2.45, 2.75) is 37.4 Å². The molecule has 1 aromatic heterocycles. The number of hydrogen-bond acceptors (Lipinski definition) is 5. The van der Waals surface area contributed by atoms with Crippen LogP contribution < -0.4 is 5.32 Å². The van der Waals surface area contributed by atoms with Crippen LogP contribution in [0.15, 0.2) is 4.52 Å². The molecule has 0 radical (unpaired) electrons. The summed E-state index contributed by atoms with van der Waals surface area (Å²) in [5.74, 6) is 2.48. The minimum Gasteiger partial charge on any atom is -0.339 e. The van der Waals surface area contributed by atoms with Gasteiger partial charge in [0.25, 0.3) is 0 Å². The van der Waals surface area contributed by atoms with Crippen LogP contribution in [0.25, 0.3) is 0 Å². The summed E-state index contributed by atoms with van der Waals surface area (Å²) in [5.41, 5.74) is 0.0713. The highest BCUT2D eigenvalue weighted by molar-refractivity contribution is 7.97. The van der Waals surface area contributed by atoms with Gasteiger partial charge < -0.3 is 9.84 Å². The van der Waals surface area contributed by atoms with Crippen LogP contribution in [-0.4, -0.2) is 29.5 Å². The molecule has 0 saturated carbocycles. The zero-order valence-corrected chi connectivity index (χ0v) is 10.8. The molecule has 1 aliphatic heterocycles. The maximum absolute atomic E-state index is 5.44. The number of aromatic nitrogens is 2. The predicted octanol–water partition coefficient (Wildman–Crippen LogP) is 1.96. The predicted molar refractivity (Wildman–Crippen MR) is 65.6 cm³/mol. The van der Waals surface area contributed by atoms with Crippen molar-refractivity contribution in [3.05, 3.63) is 11.7 Å². The zero-order valence-electron chi connectivity index (χ0n) is 9.95. The van der Waals surface area contributed by atoms with Crippen LogP contribution in [0.1, 0.15) is 37.9 Å². The fraction of sp³-hybridized carbons (Fsp3) is 0.818. The van der Waals surface area contributed by atoms with Crippen molar-refractivity contribution in [2.24, 2.45) is 0 Å². The second-order valence-corrected chi connectivity index (χ2v) is 5.23. The van der Waals surface area contributed by atoms with Crippen molar-refractivity contribution in [3.63, 3.8) is 0 Å². The molecule has 2 rings (SSSR count). The Bertz CT molecular complexity index is 334. The number of nitrogens with zero attached hydrogens (tertiary/aromatic N) is 2. The Hall–Kier alpha value is -0.550. The maximum Gasteiger partial charge on any atom is 0.234 e. The second kappa shape index (κ2) is 5.19. The van der Waals surface area contributed by atoms with E-state index in [0.29, 0.717) is 0 Å². The minimum atomic E-state index is 0.0713. The lowest BCUT2D eigenvalue weighted by atomic mass is 9.78. The van der Waals surface area contributed by atoms with E-state index in [1.54, 1.807) is 11.8 Å². The van der Waals surface area contributed by atoms with Gasteiger partial charge in [-0.2, -0.15) is 16.7 Å². The van der Waals surface area contributed by atoms with Crippen LogP contribution >= 0.6 is 11.8 Å². The van der Waals surface area contributed by atoms with E-state index in [2.05, 4.69) is 22.4 Å². The number of rotatable bonds is 4. The van der Waals surface area contributed by atoms with Gasteiger partial charge in [0.1, 0.15) is 0 Å². The van der Waals surface area contributed by atoms with Crippen molar-refractivity contribution in [1.82, 2.24) is 15.5 Å². The smallest absolute Gasteiger partial charge is 0.234 e. The van der Waals surface area contributed by atoms with E-state index in [1.165, 1.54) is 6.42 Å². The lowest BCUT2D eigenvalue weighted by molar-refractivity contribution is 0.220. The standard InChI is InChI=1S/C11H19N3OS/c1-3-11(5-4-6-12-8-11)10-13-9(7-16-2)14-15-10/h12H,3-8H2,1-2H3. The van der Waals surface area contributed by atoms with Gasteiger partial charge in [-0.25, -0.2) is 0 Å². The lowest BCUT2D eigenvalue weighted by Crippen LogP contribution is -2.43. The van der Waals surface area contributed by atoms with E-state index < -0.39 is 0 Å². The first-order chi connectivity index (χ1) is 7.80. The van der Waals surface area contributed by atoms with Crippen LogP contribution in [0.3, 0.4) is 0 Å². The molecule has 5 heteroatoms. The Kier molecular flexibility index (Phi) is 3.86. The number of hydrogen-bond donors (Lipinski definition) is 1. The van der Waals surface area contributed by atoms with Gasteiger partial charge in [0, 0.05) is 6.54 Å². The van der Waals surface area contributed by atoms with Crippen molar-refractivity contribution in [3.8, 4) is 0 Å². The van der Waals surface area contributed by atoms with Crippen molar-refractivity contribution >= 4 is 11.8 Å². The van der Waals surface area contributed by atoms with E-state index in [1.807, 2.05) is 6.26 Å². The van der Waals surface area contributed by atoms with Crippen LogP contribution in [0, 0.1) is 0 Å². The number of piperidine rings is 1. The monoisotopic (exact) mass is 241 g/mol. The first-order valence-corrected chi connectivity index (χ1v) is 7.23. The highest BCUT2D eigenvalue weighted by atomic mass is 32.2. The van der Waals surface area contributed by atoms with Crippen molar-refractivity contribution < 1.29 is 4.52 Å². The summed E-state index contributed by atoms with van der Waals surface area (Å²) in [7, 11) is 0. The molecule has 1 aliphatic rings. The Morgan fingerprint density at radius 3 is 3.06 bits per heavy atom. The lowest BCUT2D eigenvalue weighted by Gasteiger charge is -2.33. The molecule has 1 aromatic rings. The molecule has 90 valence electrons. The summed E-state index contributed by atoms with van der Waals surface area (Å²) in [6.45, 7) is 4.27. The quantitative estimate of drug-likeness (QED) is 0.873. The minimum absolute atomic E-state index is 0.0713. The highest BCUT2D eigenvalue weighted by Gasteiger charge is 2.37. The van der Waals surface area contributed by atoms with Crippen LogP contribution in [0.4, 0.5) is 0 Å². The molecule has 0 spiro atoms. The second-order valence-electron chi connectivity index (χ2n) is 4.36. The number of nitrogens with one attached hydrogen (secondary N) is 1. The molecular formula is C11H19N3OS. The van der Waals surface area contributed by atoms with Crippen LogP contribution in [-0.2, 0) is 11.2 Å². The molecule has 0 aliphatic carbocycles. The Labute approximate surface area is 101 Å². The molecule has 1 atom stereocenters. The summed E-state index contributed by atoms with van der Waals surface area (Å²) in [6, 6.07) is 0. The molecule has 1 saturated heterocycles. The van der Waals surface area contributed by atoms with Gasteiger partial charge >= 0.3 is 0 Å². The summed E-state index contributed by atoms with van der Waals surface area (Å²) in [4.78, 5) is 4.53. The van der Waals surface area contributed by atoms with Crippen molar-refractivity contribution in [1.29, 1.82) is 0 Å². The van der Waals surface area contributed by atoms with Crippen molar-refractivity contribution in [2.75, 3.05) is 19.3 Å². The van der Waals surface area contributed by atoms with Gasteiger partial charge in [0.15, 0.2) is 5.82 Å². The summed E-state index contributed by atoms with van der Waals surface area (Å²) >= 11 is 1.72. The third kappa shape index (κ3) is 2.25. The summed E-state index contributed by atoms with van der Waals surface area (Å²) in [6.07, 6.45) is 5.44. The molecule has 2 heterocycles. The zero-order chi connectivity index (χ0) is 11.4. The molecule has 0 amide bonds. The van der Waals surface area contributed by atoms with E-state index in [4.69, 9.17) is 4.52 Å². The van der Waals surface area contributed by atoms with E-state index >= 15 is 0 Å². The Morgan fingerprint density at radius 1 is 1.56 bits per heavy atom. The first-order valence-electron chi connectivity index (χ1n) is 5.83. The average molecular weight is 241 g/mol. The molecule has 1 unspecified atom stereocenters. The summed E-state index contributed by atoms with van der Waals surface area (Å²) < 4.78 is 5.44. The van der Waals surface area contributed by atoms with Gasteiger partial charge in [-0.3, -0.25) is 0 Å². The molecule has 1 fully saturated rings. The summed E-state index contributed by atoms with van der Waals surface area (Å²) in [5, 5.41) is 7.47. The number of thioether (sulfide) groups is 1. The van der Waals surface area contributed by atoms with Gasteiger partial charge in [-0.1, -0.05) is 12.1 Å². The van der Waals surface area contributed by atoms with Gasteiger partial charge in [0.05, 0.1) is 11.2 Å². The van der Waals surface area contributed by atoms with E-state index in [9.17, 15) is 0 Å². The molecule has 0 bridgehead atoms. The third-order valence-electron chi connectivity index (χ3n) is 3.34. The molecule has 0 aromatic carbocycles. The van der Waals surface area contributed by atoms with E-state index in [0.717, 1.165) is 43.4 Å². The maximum atomic E-state index is 5.44. The van der Waals surface area contributed by atoms with Gasteiger partial charge in [-0.05, 0) is 32.1 Å². The highest BCUT2D eigenvalue weighted by Crippen LogP contribution is 2.33. The topological polar surface area (TPSA) is 51.0 Å². The Balaban J connectivity index is 2.18. The third-order valence-corrected chi connectivity index (χ3v) is 3.89. The fourth-order valence-electron chi connectivity index (χ4n) is 2.26. The van der Waals surface area contributed by atoms with Crippen LogP contribution in [0.2, 0.25) is 0 Å². The molecule has 4 nitrogen and oxygen atoms in total. The fourth-order valence-corrected chi connectivity index (χ4v) is 2.64. The van der Waals surface area contributed by atoms with E-state index in [-0.39, 0.29) is 5.41 Å². The normalized spacial score (nSPS) is 25.9. The molecule has 16 heavy (non-hydrogen) atoms. The first kappa shape index (κ1) is 11.9. The van der Waals surface area contributed by atoms with Gasteiger partial charge in [0.2, 0.25) is 5.89 Å². The van der Waals surface area contributed by atoms with Crippen LogP contribution in [0.5, 0.6) is 0 Å². The SMILES string of the molecule is CCC1(c2nc(CSC)no2)CCCNC1. The largest absolute Gasteiger partial charge is 0.339 e. The molecule has 1 N–H and O–H groups in total. The average Bonchev–Trinajstić information content (AvgIpc) is 2.80.